The monoisotopic (exact) mass is 400 g/mol. The van der Waals surface area contributed by atoms with Crippen LogP contribution >= 0.6 is 31.9 Å². The van der Waals surface area contributed by atoms with E-state index in [0.717, 1.165) is 5.70 Å². The number of phenolic OH excluding ortho intramolecular Hbond substituents is 1. The van der Waals surface area contributed by atoms with Crippen LogP contribution in [0.5, 0.6) is 5.75 Å². The maximum atomic E-state index is 12.6. The van der Waals surface area contributed by atoms with Gasteiger partial charge in [-0.15, -0.1) is 0 Å². The maximum absolute atomic E-state index is 12.6. The van der Waals surface area contributed by atoms with Gasteiger partial charge in [-0.05, 0) is 44.0 Å². The molecule has 2 aliphatic rings. The zero-order valence-electron chi connectivity index (χ0n) is 10.3. The molecule has 1 N–H and O–H groups in total. The van der Waals surface area contributed by atoms with Crippen LogP contribution in [0.4, 0.5) is 0 Å². The Bertz CT molecular complexity index is 632. The third-order valence-electron chi connectivity index (χ3n) is 3.14. The van der Waals surface area contributed by atoms with Gasteiger partial charge in [0.15, 0.2) is 5.76 Å². The van der Waals surface area contributed by atoms with Crippen molar-refractivity contribution in [2.24, 2.45) is 4.99 Å². The van der Waals surface area contributed by atoms with Crippen LogP contribution in [0.25, 0.3) is 0 Å². The number of halogens is 2. The number of ether oxygens (including phenoxy) is 1. The molecule has 7 heteroatoms. The molecular weight excluding hydrogens is 392 g/mol. The van der Waals surface area contributed by atoms with E-state index in [4.69, 9.17) is 4.74 Å². The highest BCUT2D eigenvalue weighted by Gasteiger charge is 2.29. The van der Waals surface area contributed by atoms with Crippen LogP contribution in [0.1, 0.15) is 10.4 Å². The van der Waals surface area contributed by atoms with Gasteiger partial charge in [0, 0.05) is 5.56 Å². The number of hydrogen-bond donors (Lipinski definition) is 1. The Hall–Kier alpha value is -1.34. The number of carbonyl (C=O) groups is 1. The van der Waals surface area contributed by atoms with Gasteiger partial charge in [-0.2, -0.15) is 0 Å². The van der Waals surface area contributed by atoms with Crippen molar-refractivity contribution in [2.45, 2.75) is 0 Å². The van der Waals surface area contributed by atoms with Crippen molar-refractivity contribution in [1.82, 2.24) is 4.90 Å². The molecule has 2 aliphatic heterocycles. The molecule has 0 spiro atoms. The lowest BCUT2D eigenvalue weighted by molar-refractivity contribution is 0.0705. The lowest BCUT2D eigenvalue weighted by Crippen LogP contribution is -2.37. The van der Waals surface area contributed by atoms with E-state index in [9.17, 15) is 9.90 Å². The second kappa shape index (κ2) is 5.21. The molecule has 0 radical (unpaired) electrons. The number of benzene rings is 1. The van der Waals surface area contributed by atoms with E-state index >= 15 is 0 Å². The summed E-state index contributed by atoms with van der Waals surface area (Å²) >= 11 is 6.47. The van der Waals surface area contributed by atoms with Crippen molar-refractivity contribution >= 4 is 44.0 Å². The molecule has 0 bridgehead atoms. The van der Waals surface area contributed by atoms with Crippen molar-refractivity contribution in [3.05, 3.63) is 38.1 Å². The Kier molecular flexibility index (Phi) is 3.55. The first kappa shape index (κ1) is 13.6. The number of rotatable bonds is 1. The molecule has 3 rings (SSSR count). The highest BCUT2D eigenvalue weighted by atomic mass is 79.9. The highest BCUT2D eigenvalue weighted by molar-refractivity contribution is 9.11. The number of hydrogen-bond acceptors (Lipinski definition) is 4. The Morgan fingerprint density at radius 3 is 2.75 bits per heavy atom. The molecular formula is C13H10Br2N2O3. The van der Waals surface area contributed by atoms with E-state index in [2.05, 4.69) is 36.9 Å². The van der Waals surface area contributed by atoms with Gasteiger partial charge in [0.2, 0.25) is 0 Å². The van der Waals surface area contributed by atoms with E-state index in [0.29, 0.717) is 40.0 Å². The molecule has 1 aromatic rings. The number of phenols is 1. The van der Waals surface area contributed by atoms with Crippen LogP contribution in [-0.4, -0.2) is 41.8 Å². The predicted octanol–water partition coefficient (Wildman–Crippen LogP) is 2.69. The average molecular weight is 402 g/mol. The molecule has 0 saturated heterocycles. The van der Waals surface area contributed by atoms with Crippen LogP contribution in [0.3, 0.4) is 0 Å². The van der Waals surface area contributed by atoms with Crippen LogP contribution in [0, 0.1) is 0 Å². The normalized spacial score (nSPS) is 17.2. The molecule has 0 saturated carbocycles. The second-order valence-corrected chi connectivity index (χ2v) is 6.08. The van der Waals surface area contributed by atoms with Crippen molar-refractivity contribution in [3.8, 4) is 5.75 Å². The molecule has 2 heterocycles. The minimum atomic E-state index is -0.132. The number of carbonyl (C=O) groups excluding carboxylic acids is 1. The van der Waals surface area contributed by atoms with E-state index in [1.165, 1.54) is 0 Å². The van der Waals surface area contributed by atoms with Crippen LogP contribution in [0.15, 0.2) is 37.5 Å². The van der Waals surface area contributed by atoms with Gasteiger partial charge in [0.05, 0.1) is 33.9 Å². The quantitative estimate of drug-likeness (QED) is 0.786. The Labute approximate surface area is 132 Å². The third-order valence-corrected chi connectivity index (χ3v) is 4.35. The fourth-order valence-electron chi connectivity index (χ4n) is 2.16. The Morgan fingerprint density at radius 1 is 1.35 bits per heavy atom. The van der Waals surface area contributed by atoms with Gasteiger partial charge >= 0.3 is 0 Å². The summed E-state index contributed by atoms with van der Waals surface area (Å²) < 4.78 is 6.41. The summed E-state index contributed by atoms with van der Waals surface area (Å²) in [6.07, 6.45) is 1.65. The second-order valence-electron chi connectivity index (χ2n) is 4.37. The van der Waals surface area contributed by atoms with Gasteiger partial charge in [-0.1, -0.05) is 0 Å². The van der Waals surface area contributed by atoms with Crippen LogP contribution in [-0.2, 0) is 4.74 Å². The standard InChI is InChI=1S/C13H10Br2N2O3/c14-8-3-7(4-9(15)12(8)18)13(19)17-1-2-20-11-6-16-5-10(11)17/h3-4,6,18H,1-2,5H2. The molecule has 0 aromatic heterocycles. The molecule has 0 fully saturated rings. The molecule has 0 aliphatic carbocycles. The summed E-state index contributed by atoms with van der Waals surface area (Å²) in [7, 11) is 0. The van der Waals surface area contributed by atoms with Crippen molar-refractivity contribution in [2.75, 3.05) is 19.7 Å². The first-order chi connectivity index (χ1) is 9.58. The fraction of sp³-hybridized carbons (Fsp3) is 0.231. The van der Waals surface area contributed by atoms with Gasteiger partial charge < -0.3 is 14.7 Å². The third kappa shape index (κ3) is 2.25. The first-order valence-corrected chi connectivity index (χ1v) is 7.52. The minimum absolute atomic E-state index is 0.0765. The van der Waals surface area contributed by atoms with Crippen LogP contribution < -0.4 is 0 Å². The summed E-state index contributed by atoms with van der Waals surface area (Å²) in [4.78, 5) is 18.4. The van der Waals surface area contributed by atoms with Crippen molar-refractivity contribution in [3.63, 3.8) is 0 Å². The smallest absolute Gasteiger partial charge is 0.258 e. The number of allylic oxidation sites excluding steroid dienone is 1. The molecule has 1 amide bonds. The van der Waals surface area contributed by atoms with E-state index < -0.39 is 0 Å². The summed E-state index contributed by atoms with van der Waals surface area (Å²) in [6.45, 7) is 1.41. The molecule has 104 valence electrons. The summed E-state index contributed by atoms with van der Waals surface area (Å²) in [6, 6.07) is 3.21. The lowest BCUT2D eigenvalue weighted by Gasteiger charge is -2.28. The van der Waals surface area contributed by atoms with Crippen molar-refractivity contribution < 1.29 is 14.6 Å². The first-order valence-electron chi connectivity index (χ1n) is 5.93. The summed E-state index contributed by atoms with van der Waals surface area (Å²) in [5, 5.41) is 9.71. The number of nitrogens with zero attached hydrogens (tertiary/aromatic N) is 2. The number of amides is 1. The molecule has 1 aromatic carbocycles. The molecule has 20 heavy (non-hydrogen) atoms. The summed E-state index contributed by atoms with van der Waals surface area (Å²) in [5.74, 6) is 0.613. The molecule has 0 unspecified atom stereocenters. The van der Waals surface area contributed by atoms with E-state index in [-0.39, 0.29) is 11.7 Å². The van der Waals surface area contributed by atoms with E-state index in [1.807, 2.05) is 0 Å². The topological polar surface area (TPSA) is 62.1 Å². The fourth-order valence-corrected chi connectivity index (χ4v) is 3.34. The average Bonchev–Trinajstić information content (AvgIpc) is 2.91. The number of aliphatic imine (C=N–C) groups is 1. The van der Waals surface area contributed by atoms with E-state index in [1.54, 1.807) is 23.2 Å². The van der Waals surface area contributed by atoms with Gasteiger partial charge in [-0.3, -0.25) is 9.79 Å². The Balaban J connectivity index is 1.95. The number of aromatic hydroxyl groups is 1. The Morgan fingerprint density at radius 2 is 2.05 bits per heavy atom. The predicted molar refractivity (Wildman–Crippen MR) is 80.9 cm³/mol. The van der Waals surface area contributed by atoms with Crippen LogP contribution in [0.2, 0.25) is 0 Å². The lowest BCUT2D eigenvalue weighted by atomic mass is 10.1. The van der Waals surface area contributed by atoms with Crippen molar-refractivity contribution in [1.29, 1.82) is 0 Å². The van der Waals surface area contributed by atoms with Gasteiger partial charge in [0.25, 0.3) is 5.91 Å². The maximum Gasteiger partial charge on any atom is 0.258 e. The molecule has 5 nitrogen and oxygen atoms in total. The highest BCUT2D eigenvalue weighted by Crippen LogP contribution is 2.34. The van der Waals surface area contributed by atoms with Gasteiger partial charge in [-0.25, -0.2) is 0 Å². The zero-order chi connectivity index (χ0) is 14.3. The zero-order valence-corrected chi connectivity index (χ0v) is 13.4. The molecule has 0 atom stereocenters. The minimum Gasteiger partial charge on any atom is -0.506 e. The SMILES string of the molecule is O=C(c1cc(Br)c(O)c(Br)c1)N1CCOC2=C1CN=C2. The largest absolute Gasteiger partial charge is 0.506 e. The van der Waals surface area contributed by atoms with Gasteiger partial charge in [0.1, 0.15) is 12.4 Å². The summed E-state index contributed by atoms with van der Waals surface area (Å²) in [5.41, 5.74) is 1.28.